The van der Waals surface area contributed by atoms with Crippen LogP contribution in [0.4, 0.5) is 5.82 Å². The smallest absolute Gasteiger partial charge is 0.152 e. The van der Waals surface area contributed by atoms with E-state index in [1.54, 1.807) is 0 Å². The summed E-state index contributed by atoms with van der Waals surface area (Å²) in [5.74, 6) is 0.932. The van der Waals surface area contributed by atoms with Crippen molar-refractivity contribution in [1.29, 1.82) is 0 Å². The number of pyridine rings is 1. The average Bonchev–Trinajstić information content (AvgIpc) is 2.76. The highest BCUT2D eigenvalue weighted by molar-refractivity contribution is 5.55. The minimum atomic E-state index is 0.253. The molecular weight excluding hydrogens is 240 g/mol. The molecule has 5 heteroatoms. The van der Waals surface area contributed by atoms with Gasteiger partial charge in [0.2, 0.25) is 0 Å². The largest absolute Gasteiger partial charge is 0.377 e. The molecule has 0 aliphatic heterocycles. The third-order valence-corrected chi connectivity index (χ3v) is 3.04. The number of anilines is 1. The molecule has 0 fully saturated rings. The van der Waals surface area contributed by atoms with E-state index in [0.717, 1.165) is 23.7 Å². The van der Waals surface area contributed by atoms with Gasteiger partial charge in [0.25, 0.3) is 0 Å². The Balaban J connectivity index is 2.19. The maximum absolute atomic E-state index is 5.86. The van der Waals surface area contributed by atoms with Gasteiger partial charge < -0.3 is 19.8 Å². The summed E-state index contributed by atoms with van der Waals surface area (Å²) < 4.78 is 7.61. The zero-order valence-electron chi connectivity index (χ0n) is 11.8. The minimum Gasteiger partial charge on any atom is -0.377 e. The number of fused-ring (bicyclic) bond motifs is 1. The van der Waals surface area contributed by atoms with Crippen molar-refractivity contribution in [2.45, 2.75) is 26.5 Å². The van der Waals surface area contributed by atoms with E-state index in [1.807, 2.05) is 49.7 Å². The molecule has 2 aromatic rings. The van der Waals surface area contributed by atoms with Crippen LogP contribution in [0.25, 0.3) is 5.65 Å². The molecule has 19 heavy (non-hydrogen) atoms. The predicted octanol–water partition coefficient (Wildman–Crippen LogP) is 1.65. The average molecular weight is 262 g/mol. The van der Waals surface area contributed by atoms with Crippen LogP contribution in [0.15, 0.2) is 24.4 Å². The summed E-state index contributed by atoms with van der Waals surface area (Å²) in [5.41, 5.74) is 7.81. The van der Waals surface area contributed by atoms with E-state index in [1.165, 1.54) is 0 Å². The highest BCUT2D eigenvalue weighted by Gasteiger charge is 2.14. The fraction of sp³-hybridized carbons (Fsp3) is 0.500. The zero-order valence-corrected chi connectivity index (χ0v) is 11.8. The molecule has 0 saturated carbocycles. The summed E-state index contributed by atoms with van der Waals surface area (Å²) in [5, 5.41) is 0. The van der Waals surface area contributed by atoms with Crippen LogP contribution in [0.1, 0.15) is 19.5 Å². The fourth-order valence-corrected chi connectivity index (χ4v) is 2.06. The van der Waals surface area contributed by atoms with Gasteiger partial charge in [-0.1, -0.05) is 6.07 Å². The summed E-state index contributed by atoms with van der Waals surface area (Å²) in [6.07, 6.45) is 2.25. The summed E-state index contributed by atoms with van der Waals surface area (Å²) in [7, 11) is 2.02. The molecule has 0 bridgehead atoms. The van der Waals surface area contributed by atoms with Crippen molar-refractivity contribution in [3.8, 4) is 0 Å². The number of imidazole rings is 1. The molecular formula is C14H22N4O. The van der Waals surface area contributed by atoms with Crippen LogP contribution in [-0.4, -0.2) is 35.7 Å². The molecule has 0 spiro atoms. The summed E-state index contributed by atoms with van der Waals surface area (Å²) in [6, 6.07) is 5.95. The van der Waals surface area contributed by atoms with Crippen LogP contribution in [-0.2, 0) is 11.3 Å². The molecule has 0 radical (unpaired) electrons. The number of nitrogens with zero attached hydrogens (tertiary/aromatic N) is 3. The molecule has 0 unspecified atom stereocenters. The van der Waals surface area contributed by atoms with E-state index in [2.05, 4.69) is 9.88 Å². The molecule has 0 aromatic carbocycles. The van der Waals surface area contributed by atoms with Crippen LogP contribution in [0.5, 0.6) is 0 Å². The van der Waals surface area contributed by atoms with E-state index in [0.29, 0.717) is 13.2 Å². The number of nitrogens with two attached hydrogens (primary N) is 1. The van der Waals surface area contributed by atoms with Gasteiger partial charge in [0.15, 0.2) is 5.82 Å². The van der Waals surface area contributed by atoms with Gasteiger partial charge in [0.05, 0.1) is 18.4 Å². The predicted molar refractivity (Wildman–Crippen MR) is 77.4 cm³/mol. The van der Waals surface area contributed by atoms with Gasteiger partial charge >= 0.3 is 0 Å². The lowest BCUT2D eigenvalue weighted by Crippen LogP contribution is -2.25. The lowest BCUT2D eigenvalue weighted by Gasteiger charge is -2.18. The van der Waals surface area contributed by atoms with Crippen LogP contribution in [0.2, 0.25) is 0 Å². The molecule has 0 saturated heterocycles. The second-order valence-electron chi connectivity index (χ2n) is 4.86. The van der Waals surface area contributed by atoms with Gasteiger partial charge in [0.1, 0.15) is 5.65 Å². The minimum absolute atomic E-state index is 0.253. The third-order valence-electron chi connectivity index (χ3n) is 3.04. The second-order valence-corrected chi connectivity index (χ2v) is 4.86. The van der Waals surface area contributed by atoms with E-state index in [4.69, 9.17) is 10.5 Å². The van der Waals surface area contributed by atoms with E-state index in [-0.39, 0.29) is 6.10 Å². The first-order chi connectivity index (χ1) is 9.13. The van der Waals surface area contributed by atoms with E-state index >= 15 is 0 Å². The Kier molecular flexibility index (Phi) is 4.39. The van der Waals surface area contributed by atoms with Crippen LogP contribution >= 0.6 is 0 Å². The van der Waals surface area contributed by atoms with Crippen molar-refractivity contribution in [3.63, 3.8) is 0 Å². The van der Waals surface area contributed by atoms with Crippen LogP contribution in [0.3, 0.4) is 0 Å². The molecule has 2 heterocycles. The standard InChI is InChI=1S/C14H22N4O/c1-11(2)19-9-8-17(3)14-12(10-15)18-7-5-4-6-13(18)16-14/h4-7,11H,8-10,15H2,1-3H3. The molecule has 0 atom stereocenters. The fourth-order valence-electron chi connectivity index (χ4n) is 2.06. The molecule has 0 aliphatic carbocycles. The molecule has 2 aromatic heterocycles. The highest BCUT2D eigenvalue weighted by atomic mass is 16.5. The first-order valence-corrected chi connectivity index (χ1v) is 6.62. The Morgan fingerprint density at radius 3 is 2.89 bits per heavy atom. The van der Waals surface area contributed by atoms with Crippen LogP contribution < -0.4 is 10.6 Å². The first-order valence-electron chi connectivity index (χ1n) is 6.62. The maximum Gasteiger partial charge on any atom is 0.152 e. The number of hydrogen-bond acceptors (Lipinski definition) is 4. The lowest BCUT2D eigenvalue weighted by atomic mass is 10.4. The Labute approximate surface area is 114 Å². The van der Waals surface area contributed by atoms with E-state index < -0.39 is 0 Å². The monoisotopic (exact) mass is 262 g/mol. The number of hydrogen-bond donors (Lipinski definition) is 1. The van der Waals surface area contributed by atoms with Gasteiger partial charge in [-0.15, -0.1) is 0 Å². The zero-order chi connectivity index (χ0) is 13.8. The van der Waals surface area contributed by atoms with Crippen molar-refractivity contribution < 1.29 is 4.74 Å². The topological polar surface area (TPSA) is 55.8 Å². The quantitative estimate of drug-likeness (QED) is 0.860. The van der Waals surface area contributed by atoms with Gasteiger partial charge in [-0.3, -0.25) is 0 Å². The van der Waals surface area contributed by atoms with Gasteiger partial charge in [0, 0.05) is 26.3 Å². The summed E-state index contributed by atoms with van der Waals surface area (Å²) >= 11 is 0. The van der Waals surface area contributed by atoms with Crippen molar-refractivity contribution in [2.75, 3.05) is 25.1 Å². The SMILES string of the molecule is CC(C)OCCN(C)c1nc2ccccn2c1CN. The summed E-state index contributed by atoms with van der Waals surface area (Å²) in [4.78, 5) is 6.73. The number of aromatic nitrogens is 2. The van der Waals surface area contributed by atoms with Gasteiger partial charge in [-0.05, 0) is 26.0 Å². The summed E-state index contributed by atoms with van der Waals surface area (Å²) in [6.45, 7) is 6.03. The lowest BCUT2D eigenvalue weighted by molar-refractivity contribution is 0.0845. The number of likely N-dealkylation sites (N-methyl/N-ethyl adjacent to an activating group) is 1. The Morgan fingerprint density at radius 1 is 1.42 bits per heavy atom. The molecule has 2 N–H and O–H groups in total. The first kappa shape index (κ1) is 13.8. The Hall–Kier alpha value is -1.59. The van der Waals surface area contributed by atoms with Gasteiger partial charge in [-0.25, -0.2) is 4.98 Å². The Bertz CT molecular complexity index is 535. The van der Waals surface area contributed by atoms with Crippen molar-refractivity contribution >= 4 is 11.5 Å². The van der Waals surface area contributed by atoms with Crippen molar-refractivity contribution in [3.05, 3.63) is 30.1 Å². The maximum atomic E-state index is 5.86. The van der Waals surface area contributed by atoms with Crippen molar-refractivity contribution in [2.24, 2.45) is 5.73 Å². The van der Waals surface area contributed by atoms with Gasteiger partial charge in [-0.2, -0.15) is 0 Å². The molecule has 2 rings (SSSR count). The third kappa shape index (κ3) is 3.05. The van der Waals surface area contributed by atoms with E-state index in [9.17, 15) is 0 Å². The molecule has 5 nitrogen and oxygen atoms in total. The number of ether oxygens (including phenoxy) is 1. The highest BCUT2D eigenvalue weighted by Crippen LogP contribution is 2.20. The second kappa shape index (κ2) is 6.04. The van der Waals surface area contributed by atoms with Crippen LogP contribution in [0, 0.1) is 0 Å². The Morgan fingerprint density at radius 2 is 2.21 bits per heavy atom. The molecule has 104 valence electrons. The van der Waals surface area contributed by atoms with Crippen molar-refractivity contribution in [1.82, 2.24) is 9.38 Å². The number of rotatable bonds is 6. The molecule has 0 aliphatic rings. The molecule has 0 amide bonds. The normalized spacial score (nSPS) is 11.4.